The average molecular weight is 269 g/mol. The highest BCUT2D eigenvalue weighted by Crippen LogP contribution is 2.16. The van der Waals surface area contributed by atoms with Crippen molar-refractivity contribution >= 4 is 11.8 Å². The molecule has 0 aromatic heterocycles. The maximum Gasteiger partial charge on any atom is 0.241 e. The largest absolute Gasteiger partial charge is 0.344 e. The molecule has 2 amide bonds. The van der Waals surface area contributed by atoms with Crippen LogP contribution in [0.25, 0.3) is 0 Å². The highest BCUT2D eigenvalue weighted by Gasteiger charge is 2.22. The fraction of sp³-hybridized carbons (Fsp3) is 0.857. The maximum absolute atomic E-state index is 12.2. The van der Waals surface area contributed by atoms with Crippen LogP contribution in [0.1, 0.15) is 39.0 Å². The van der Waals surface area contributed by atoms with E-state index in [0.717, 1.165) is 32.2 Å². The predicted octanol–water partition coefficient (Wildman–Crippen LogP) is 0.832. The van der Waals surface area contributed by atoms with Gasteiger partial charge in [-0.05, 0) is 31.7 Å². The van der Waals surface area contributed by atoms with Gasteiger partial charge in [-0.2, -0.15) is 0 Å². The Balaban J connectivity index is 2.41. The number of carbonyl (C=O) groups excluding carboxylic acids is 2. The number of hydrogen-bond acceptors (Lipinski definition) is 3. The topological polar surface area (TPSA) is 66.6 Å². The molecule has 0 aromatic carbocycles. The first-order valence-corrected chi connectivity index (χ1v) is 7.30. The molecule has 1 atom stereocenters. The molecule has 5 nitrogen and oxygen atoms in total. The minimum atomic E-state index is 0.0415. The van der Waals surface area contributed by atoms with Crippen molar-refractivity contribution in [3.05, 3.63) is 0 Å². The lowest BCUT2D eigenvalue weighted by atomic mass is 9.96. The molecule has 0 aliphatic carbocycles. The second kappa shape index (κ2) is 8.15. The fourth-order valence-corrected chi connectivity index (χ4v) is 2.47. The SMILES string of the molecule is CCC(CCN)CCC(=O)N1CCCN(C)C(=O)C1. The summed E-state index contributed by atoms with van der Waals surface area (Å²) in [6.45, 7) is 4.49. The van der Waals surface area contributed by atoms with Crippen molar-refractivity contribution in [2.45, 2.75) is 39.0 Å². The summed E-state index contributed by atoms with van der Waals surface area (Å²) in [5.41, 5.74) is 5.56. The molecule has 5 heteroatoms. The van der Waals surface area contributed by atoms with Gasteiger partial charge in [0.2, 0.25) is 11.8 Å². The Bertz CT molecular complexity index is 307. The Hall–Kier alpha value is -1.10. The Kier molecular flexibility index (Phi) is 6.84. The molecule has 19 heavy (non-hydrogen) atoms. The average Bonchev–Trinajstić information content (AvgIpc) is 2.57. The van der Waals surface area contributed by atoms with Crippen LogP contribution in [0.5, 0.6) is 0 Å². The van der Waals surface area contributed by atoms with Gasteiger partial charge in [0, 0.05) is 26.6 Å². The van der Waals surface area contributed by atoms with Crippen molar-refractivity contribution in [2.75, 3.05) is 33.2 Å². The molecule has 0 radical (unpaired) electrons. The zero-order valence-corrected chi connectivity index (χ0v) is 12.2. The standard InChI is InChI=1S/C14H27N3O2/c1-3-12(7-8-15)5-6-13(18)17-10-4-9-16(2)14(19)11-17/h12H,3-11,15H2,1-2H3. The minimum absolute atomic E-state index is 0.0415. The van der Waals surface area contributed by atoms with Gasteiger partial charge >= 0.3 is 0 Å². The Morgan fingerprint density at radius 3 is 2.74 bits per heavy atom. The van der Waals surface area contributed by atoms with Gasteiger partial charge in [-0.1, -0.05) is 13.3 Å². The molecular weight excluding hydrogens is 242 g/mol. The molecular formula is C14H27N3O2. The summed E-state index contributed by atoms with van der Waals surface area (Å²) in [6.07, 6.45) is 4.33. The van der Waals surface area contributed by atoms with E-state index in [1.807, 2.05) is 0 Å². The lowest BCUT2D eigenvalue weighted by Crippen LogP contribution is -2.38. The highest BCUT2D eigenvalue weighted by molar-refractivity contribution is 5.85. The third kappa shape index (κ3) is 5.19. The van der Waals surface area contributed by atoms with Crippen LogP contribution in [-0.2, 0) is 9.59 Å². The van der Waals surface area contributed by atoms with Crippen molar-refractivity contribution < 1.29 is 9.59 Å². The first kappa shape index (κ1) is 16.0. The van der Waals surface area contributed by atoms with Crippen molar-refractivity contribution in [1.29, 1.82) is 0 Å². The molecule has 0 saturated carbocycles. The molecule has 1 heterocycles. The second-order valence-electron chi connectivity index (χ2n) is 5.37. The number of amides is 2. The summed E-state index contributed by atoms with van der Waals surface area (Å²) in [7, 11) is 1.80. The van der Waals surface area contributed by atoms with Gasteiger partial charge in [0.1, 0.15) is 0 Å². The molecule has 0 bridgehead atoms. The molecule has 0 aromatic rings. The summed E-state index contributed by atoms with van der Waals surface area (Å²) in [6, 6.07) is 0. The molecule has 1 aliphatic heterocycles. The van der Waals surface area contributed by atoms with Gasteiger partial charge in [-0.15, -0.1) is 0 Å². The van der Waals surface area contributed by atoms with Crippen molar-refractivity contribution in [3.63, 3.8) is 0 Å². The Labute approximate surface area is 116 Å². The summed E-state index contributed by atoms with van der Waals surface area (Å²) in [5.74, 6) is 0.679. The van der Waals surface area contributed by atoms with E-state index in [9.17, 15) is 9.59 Å². The number of hydrogen-bond donors (Lipinski definition) is 1. The van der Waals surface area contributed by atoms with Crippen molar-refractivity contribution in [1.82, 2.24) is 9.80 Å². The maximum atomic E-state index is 12.2. The van der Waals surface area contributed by atoms with Gasteiger partial charge in [-0.25, -0.2) is 0 Å². The van der Waals surface area contributed by atoms with E-state index in [-0.39, 0.29) is 18.4 Å². The van der Waals surface area contributed by atoms with Gasteiger partial charge < -0.3 is 15.5 Å². The smallest absolute Gasteiger partial charge is 0.241 e. The minimum Gasteiger partial charge on any atom is -0.344 e. The van der Waals surface area contributed by atoms with Crippen LogP contribution in [0.4, 0.5) is 0 Å². The summed E-state index contributed by atoms with van der Waals surface area (Å²) in [5, 5.41) is 0. The Morgan fingerprint density at radius 1 is 1.37 bits per heavy atom. The summed E-state index contributed by atoms with van der Waals surface area (Å²) >= 11 is 0. The monoisotopic (exact) mass is 269 g/mol. The molecule has 1 unspecified atom stereocenters. The second-order valence-corrected chi connectivity index (χ2v) is 5.37. The highest BCUT2D eigenvalue weighted by atomic mass is 16.2. The van der Waals surface area contributed by atoms with E-state index in [4.69, 9.17) is 5.73 Å². The summed E-state index contributed by atoms with van der Waals surface area (Å²) < 4.78 is 0. The first-order valence-electron chi connectivity index (χ1n) is 7.30. The van der Waals surface area contributed by atoms with Gasteiger partial charge in [0.25, 0.3) is 0 Å². The van der Waals surface area contributed by atoms with Crippen LogP contribution in [0, 0.1) is 5.92 Å². The van der Waals surface area contributed by atoms with E-state index < -0.39 is 0 Å². The molecule has 1 fully saturated rings. The number of nitrogens with zero attached hydrogens (tertiary/aromatic N) is 2. The molecule has 110 valence electrons. The third-order valence-corrected chi connectivity index (χ3v) is 3.94. The predicted molar refractivity (Wildman–Crippen MR) is 75.5 cm³/mol. The zero-order valence-electron chi connectivity index (χ0n) is 12.2. The lowest BCUT2D eigenvalue weighted by molar-refractivity contribution is -0.138. The normalized spacial score (nSPS) is 18.4. The van der Waals surface area contributed by atoms with E-state index in [1.54, 1.807) is 16.8 Å². The molecule has 1 rings (SSSR count). The van der Waals surface area contributed by atoms with Crippen LogP contribution in [-0.4, -0.2) is 54.8 Å². The molecule has 1 saturated heterocycles. The van der Waals surface area contributed by atoms with E-state index in [2.05, 4.69) is 6.92 Å². The van der Waals surface area contributed by atoms with Gasteiger partial charge in [0.05, 0.1) is 6.54 Å². The number of carbonyl (C=O) groups is 2. The first-order chi connectivity index (χ1) is 9.08. The zero-order chi connectivity index (χ0) is 14.3. The number of rotatable bonds is 6. The Morgan fingerprint density at radius 2 is 2.11 bits per heavy atom. The van der Waals surface area contributed by atoms with Crippen LogP contribution < -0.4 is 5.73 Å². The van der Waals surface area contributed by atoms with E-state index in [0.29, 0.717) is 25.4 Å². The van der Waals surface area contributed by atoms with Crippen LogP contribution in [0.2, 0.25) is 0 Å². The fourth-order valence-electron chi connectivity index (χ4n) is 2.47. The molecule has 0 spiro atoms. The quantitative estimate of drug-likeness (QED) is 0.777. The van der Waals surface area contributed by atoms with E-state index in [1.165, 1.54) is 0 Å². The number of nitrogens with two attached hydrogens (primary N) is 1. The third-order valence-electron chi connectivity index (χ3n) is 3.94. The van der Waals surface area contributed by atoms with E-state index >= 15 is 0 Å². The summed E-state index contributed by atoms with van der Waals surface area (Å²) in [4.78, 5) is 27.3. The molecule has 2 N–H and O–H groups in total. The van der Waals surface area contributed by atoms with Gasteiger partial charge in [0.15, 0.2) is 0 Å². The van der Waals surface area contributed by atoms with Crippen LogP contribution >= 0.6 is 0 Å². The number of likely N-dealkylation sites (N-methyl/N-ethyl adjacent to an activating group) is 1. The van der Waals surface area contributed by atoms with Crippen molar-refractivity contribution in [2.24, 2.45) is 11.7 Å². The lowest BCUT2D eigenvalue weighted by Gasteiger charge is -2.21. The molecule has 1 aliphatic rings. The van der Waals surface area contributed by atoms with Crippen molar-refractivity contribution in [3.8, 4) is 0 Å². The van der Waals surface area contributed by atoms with Gasteiger partial charge in [-0.3, -0.25) is 9.59 Å². The van der Waals surface area contributed by atoms with Crippen LogP contribution in [0.15, 0.2) is 0 Å². The van der Waals surface area contributed by atoms with Crippen LogP contribution in [0.3, 0.4) is 0 Å².